The number of carbonyl (C=O) groups is 1. The van der Waals surface area contributed by atoms with Gasteiger partial charge in [0.15, 0.2) is 0 Å². The molecule has 0 aliphatic carbocycles. The van der Waals surface area contributed by atoms with Crippen molar-refractivity contribution in [3.8, 4) is 0 Å². The van der Waals surface area contributed by atoms with Gasteiger partial charge in [-0.25, -0.2) is 0 Å². The number of rotatable bonds is 4. The molecule has 2 heteroatoms. The van der Waals surface area contributed by atoms with E-state index >= 15 is 0 Å². The molecule has 1 atom stereocenters. The minimum atomic E-state index is 0.0678. The molecule has 1 unspecified atom stereocenters. The van der Waals surface area contributed by atoms with Crippen LogP contribution in [-0.4, -0.2) is 6.29 Å². The van der Waals surface area contributed by atoms with Crippen molar-refractivity contribution in [2.45, 2.75) is 6.92 Å². The third-order valence-corrected chi connectivity index (χ3v) is 2.47. The summed E-state index contributed by atoms with van der Waals surface area (Å²) in [6, 6.07) is 7.35. The summed E-state index contributed by atoms with van der Waals surface area (Å²) in [5.74, 6) is 0.0678. The summed E-state index contributed by atoms with van der Waals surface area (Å²) in [6.07, 6.45) is 4.45. The van der Waals surface area contributed by atoms with Crippen LogP contribution in [0.3, 0.4) is 0 Å². The van der Waals surface area contributed by atoms with Crippen LogP contribution in [0.2, 0.25) is 5.02 Å². The van der Waals surface area contributed by atoms with Gasteiger partial charge < -0.3 is 0 Å². The first-order chi connectivity index (χ1) is 7.17. The quantitative estimate of drug-likeness (QED) is 0.429. The fourth-order valence-electron chi connectivity index (χ4n) is 1.16. The number of hydrogen-bond acceptors (Lipinski definition) is 1. The molecule has 0 spiro atoms. The fraction of sp³-hybridized carbons (Fsp3) is 0.154. The van der Waals surface area contributed by atoms with Crippen molar-refractivity contribution in [3.63, 3.8) is 0 Å². The summed E-state index contributed by atoms with van der Waals surface area (Å²) < 4.78 is 0. The highest BCUT2D eigenvalue weighted by Gasteiger charge is 2.03. The molecule has 0 aliphatic heterocycles. The number of halogens is 1. The minimum absolute atomic E-state index is 0.0678. The number of carbonyl (C=O) groups excluding carboxylic acids is 1. The molecular weight excluding hydrogens is 208 g/mol. The Morgan fingerprint density at radius 1 is 1.40 bits per heavy atom. The zero-order chi connectivity index (χ0) is 11.3. The summed E-state index contributed by atoms with van der Waals surface area (Å²) in [6.45, 7) is 5.60. The lowest BCUT2D eigenvalue weighted by Crippen LogP contribution is -1.96. The van der Waals surface area contributed by atoms with Crippen molar-refractivity contribution in [1.82, 2.24) is 0 Å². The van der Waals surface area contributed by atoms with E-state index in [4.69, 9.17) is 11.6 Å². The topological polar surface area (TPSA) is 17.1 Å². The number of benzene rings is 1. The van der Waals surface area contributed by atoms with Crippen LogP contribution in [0, 0.1) is 5.92 Å². The molecule has 0 saturated carbocycles. The predicted octanol–water partition coefficient (Wildman–Crippen LogP) is 3.74. The van der Waals surface area contributed by atoms with Crippen LogP contribution in [0.4, 0.5) is 0 Å². The monoisotopic (exact) mass is 220 g/mol. The van der Waals surface area contributed by atoms with E-state index in [1.807, 2.05) is 25.1 Å². The van der Waals surface area contributed by atoms with Crippen LogP contribution < -0.4 is 0 Å². The van der Waals surface area contributed by atoms with E-state index in [1.165, 1.54) is 0 Å². The van der Waals surface area contributed by atoms with E-state index in [-0.39, 0.29) is 5.92 Å². The average Bonchev–Trinajstić information content (AvgIpc) is 2.27. The molecule has 1 rings (SSSR count). The van der Waals surface area contributed by atoms with Gasteiger partial charge in [0.25, 0.3) is 0 Å². The van der Waals surface area contributed by atoms with Crippen LogP contribution in [0.5, 0.6) is 0 Å². The van der Waals surface area contributed by atoms with E-state index in [1.54, 1.807) is 18.2 Å². The largest absolute Gasteiger partial charge is 0.298 e. The van der Waals surface area contributed by atoms with E-state index in [2.05, 4.69) is 6.58 Å². The lowest BCUT2D eigenvalue weighted by molar-refractivity contribution is -0.105. The minimum Gasteiger partial charge on any atom is -0.298 e. The maximum absolute atomic E-state index is 10.8. The van der Waals surface area contributed by atoms with Gasteiger partial charge in [-0.15, -0.1) is 6.58 Å². The van der Waals surface area contributed by atoms with Crippen molar-refractivity contribution in [3.05, 3.63) is 53.1 Å². The van der Waals surface area contributed by atoms with Crippen LogP contribution in [0.1, 0.15) is 12.5 Å². The molecule has 1 aromatic carbocycles. The molecule has 0 fully saturated rings. The molecule has 0 N–H and O–H groups in total. The highest BCUT2D eigenvalue weighted by molar-refractivity contribution is 6.30. The first-order valence-electron chi connectivity index (χ1n) is 4.72. The Labute approximate surface area is 95.1 Å². The highest BCUT2D eigenvalue weighted by atomic mass is 35.5. The van der Waals surface area contributed by atoms with Gasteiger partial charge in [0, 0.05) is 10.9 Å². The third-order valence-electron chi connectivity index (χ3n) is 2.22. The van der Waals surface area contributed by atoms with Gasteiger partial charge >= 0.3 is 0 Å². The Morgan fingerprint density at radius 2 is 2.00 bits per heavy atom. The standard InChI is InChI=1S/C13H13ClO/c1-3-10(2)12(9-15)8-11-4-6-13(14)7-5-11/h3-10H,1H2,2H3. The van der Waals surface area contributed by atoms with Crippen LogP contribution in [0.25, 0.3) is 6.08 Å². The van der Waals surface area contributed by atoms with Crippen molar-refractivity contribution in [2.24, 2.45) is 5.92 Å². The molecular formula is C13H13ClO. The molecule has 0 amide bonds. The molecule has 15 heavy (non-hydrogen) atoms. The third kappa shape index (κ3) is 3.37. The Bertz CT molecular complexity index is 376. The second-order valence-electron chi connectivity index (χ2n) is 3.34. The summed E-state index contributed by atoms with van der Waals surface area (Å²) in [4.78, 5) is 10.8. The molecule has 78 valence electrons. The van der Waals surface area contributed by atoms with E-state index in [0.29, 0.717) is 10.6 Å². The van der Waals surface area contributed by atoms with E-state index in [9.17, 15) is 4.79 Å². The van der Waals surface area contributed by atoms with E-state index in [0.717, 1.165) is 11.8 Å². The van der Waals surface area contributed by atoms with Crippen molar-refractivity contribution >= 4 is 24.0 Å². The molecule has 0 aromatic heterocycles. The Hall–Kier alpha value is -1.34. The first kappa shape index (κ1) is 11.7. The maximum atomic E-state index is 10.8. The smallest absolute Gasteiger partial charge is 0.146 e. The zero-order valence-corrected chi connectivity index (χ0v) is 9.37. The van der Waals surface area contributed by atoms with Gasteiger partial charge in [-0.3, -0.25) is 4.79 Å². The average molecular weight is 221 g/mol. The Morgan fingerprint density at radius 3 is 2.47 bits per heavy atom. The van der Waals surface area contributed by atoms with Crippen LogP contribution in [-0.2, 0) is 4.79 Å². The van der Waals surface area contributed by atoms with Gasteiger partial charge in [0.1, 0.15) is 6.29 Å². The van der Waals surface area contributed by atoms with Gasteiger partial charge in [-0.2, -0.15) is 0 Å². The fourth-order valence-corrected chi connectivity index (χ4v) is 1.29. The normalized spacial score (nSPS) is 13.3. The van der Waals surface area contributed by atoms with Gasteiger partial charge in [-0.1, -0.05) is 36.7 Å². The summed E-state index contributed by atoms with van der Waals surface area (Å²) in [5, 5.41) is 0.691. The van der Waals surface area contributed by atoms with Crippen molar-refractivity contribution in [1.29, 1.82) is 0 Å². The Balaban J connectivity index is 2.97. The predicted molar refractivity (Wildman–Crippen MR) is 64.9 cm³/mol. The molecule has 0 saturated heterocycles. The second-order valence-corrected chi connectivity index (χ2v) is 3.77. The lowest BCUT2D eigenvalue weighted by atomic mass is 10.00. The Kier molecular flexibility index (Phi) is 4.32. The van der Waals surface area contributed by atoms with Gasteiger partial charge in [0.2, 0.25) is 0 Å². The van der Waals surface area contributed by atoms with Crippen molar-refractivity contribution in [2.75, 3.05) is 0 Å². The lowest BCUT2D eigenvalue weighted by Gasteiger charge is -2.04. The summed E-state index contributed by atoms with van der Waals surface area (Å²) >= 11 is 5.77. The molecule has 1 nitrogen and oxygen atoms in total. The van der Waals surface area contributed by atoms with Crippen molar-refractivity contribution < 1.29 is 4.79 Å². The zero-order valence-electron chi connectivity index (χ0n) is 8.61. The number of allylic oxidation sites excluding steroid dienone is 2. The molecule has 0 heterocycles. The van der Waals surface area contributed by atoms with Crippen LogP contribution in [0.15, 0.2) is 42.5 Å². The second kappa shape index (κ2) is 5.52. The highest BCUT2D eigenvalue weighted by Crippen LogP contribution is 2.16. The molecule has 0 bridgehead atoms. The van der Waals surface area contributed by atoms with Gasteiger partial charge in [0.05, 0.1) is 0 Å². The first-order valence-corrected chi connectivity index (χ1v) is 5.10. The van der Waals surface area contributed by atoms with E-state index < -0.39 is 0 Å². The molecule has 1 aromatic rings. The molecule has 0 aliphatic rings. The number of aldehydes is 1. The van der Waals surface area contributed by atoms with Crippen LogP contribution >= 0.6 is 11.6 Å². The maximum Gasteiger partial charge on any atom is 0.146 e. The van der Waals surface area contributed by atoms with Gasteiger partial charge in [-0.05, 0) is 29.3 Å². The summed E-state index contributed by atoms with van der Waals surface area (Å²) in [5.41, 5.74) is 1.68. The SMILES string of the molecule is C=CC(C)C(C=O)=Cc1ccc(Cl)cc1. The number of hydrogen-bond donors (Lipinski definition) is 0. The summed E-state index contributed by atoms with van der Waals surface area (Å²) in [7, 11) is 0. The molecule has 0 radical (unpaired) electrons.